The molecular formula is C11H7NO3S. The summed E-state index contributed by atoms with van der Waals surface area (Å²) in [5, 5.41) is 19.1. The van der Waals surface area contributed by atoms with Crippen molar-refractivity contribution in [1.29, 1.82) is 0 Å². The van der Waals surface area contributed by atoms with Crippen LogP contribution in [0.25, 0.3) is 20.3 Å². The predicted molar refractivity (Wildman–Crippen MR) is 62.3 cm³/mol. The average molecular weight is 233 g/mol. The quantitative estimate of drug-likeness (QED) is 0.605. The third kappa shape index (κ3) is 1.18. The largest absolute Gasteiger partial charge is 0.508 e. The lowest BCUT2D eigenvalue weighted by molar-refractivity contribution is 0.0691. The van der Waals surface area contributed by atoms with Crippen molar-refractivity contribution in [2.24, 2.45) is 0 Å². The third-order valence-corrected chi connectivity index (χ3v) is 3.58. The number of carboxylic acid groups (broad SMARTS) is 1. The molecular weight excluding hydrogens is 226 g/mol. The maximum atomic E-state index is 10.8. The molecule has 0 aliphatic carbocycles. The van der Waals surface area contributed by atoms with Crippen molar-refractivity contribution in [3.05, 3.63) is 30.0 Å². The zero-order chi connectivity index (χ0) is 11.3. The van der Waals surface area contributed by atoms with E-state index in [2.05, 4.69) is 4.98 Å². The van der Waals surface area contributed by atoms with Crippen molar-refractivity contribution in [3.8, 4) is 5.75 Å². The number of hydrogen-bond acceptors (Lipinski definition) is 3. The van der Waals surface area contributed by atoms with Gasteiger partial charge in [-0.05, 0) is 24.3 Å². The van der Waals surface area contributed by atoms with Gasteiger partial charge in [-0.2, -0.15) is 0 Å². The van der Waals surface area contributed by atoms with Crippen LogP contribution in [0, 0.1) is 0 Å². The molecule has 0 saturated carbocycles. The van der Waals surface area contributed by atoms with Crippen molar-refractivity contribution >= 4 is 37.6 Å². The van der Waals surface area contributed by atoms with Gasteiger partial charge in [0, 0.05) is 10.1 Å². The molecule has 0 fully saturated rings. The topological polar surface area (TPSA) is 73.3 Å². The summed E-state index contributed by atoms with van der Waals surface area (Å²) >= 11 is 1.50. The maximum Gasteiger partial charge on any atom is 0.352 e. The fourth-order valence-corrected chi connectivity index (χ4v) is 2.84. The second-order valence-electron chi connectivity index (χ2n) is 3.51. The number of benzene rings is 1. The number of hydrogen-bond donors (Lipinski definition) is 3. The van der Waals surface area contributed by atoms with Crippen LogP contribution in [0.4, 0.5) is 0 Å². The first-order valence-corrected chi connectivity index (χ1v) is 5.44. The Hall–Kier alpha value is -2.01. The molecule has 0 unspecified atom stereocenters. The van der Waals surface area contributed by atoms with E-state index in [1.807, 2.05) is 6.07 Å². The van der Waals surface area contributed by atoms with E-state index in [0.29, 0.717) is 0 Å². The summed E-state index contributed by atoms with van der Waals surface area (Å²) in [6, 6.07) is 6.69. The van der Waals surface area contributed by atoms with Crippen LogP contribution in [-0.4, -0.2) is 21.2 Å². The summed E-state index contributed by atoms with van der Waals surface area (Å²) in [5.74, 6) is -0.796. The molecule has 0 radical (unpaired) electrons. The first-order chi connectivity index (χ1) is 7.65. The summed E-state index contributed by atoms with van der Waals surface area (Å²) in [4.78, 5) is 13.6. The van der Waals surface area contributed by atoms with E-state index >= 15 is 0 Å². The molecule has 0 atom stereocenters. The van der Waals surface area contributed by atoms with Crippen molar-refractivity contribution < 1.29 is 15.0 Å². The molecule has 0 spiro atoms. The maximum absolute atomic E-state index is 10.8. The molecule has 5 heteroatoms. The van der Waals surface area contributed by atoms with Crippen LogP contribution in [-0.2, 0) is 0 Å². The average Bonchev–Trinajstić information content (AvgIpc) is 2.75. The van der Waals surface area contributed by atoms with Gasteiger partial charge in [0.2, 0.25) is 0 Å². The van der Waals surface area contributed by atoms with Gasteiger partial charge in [-0.3, -0.25) is 0 Å². The highest BCUT2D eigenvalue weighted by molar-refractivity contribution is 7.25. The predicted octanol–water partition coefficient (Wildman–Crippen LogP) is 2.79. The van der Waals surface area contributed by atoms with E-state index in [9.17, 15) is 9.90 Å². The Morgan fingerprint density at radius 3 is 2.81 bits per heavy atom. The Labute approximate surface area is 93.8 Å². The van der Waals surface area contributed by atoms with Crippen LogP contribution in [0.3, 0.4) is 0 Å². The van der Waals surface area contributed by atoms with Crippen molar-refractivity contribution in [3.63, 3.8) is 0 Å². The zero-order valence-corrected chi connectivity index (χ0v) is 8.84. The number of phenolic OH excluding ortho intramolecular Hbond substituents is 1. The second-order valence-corrected chi connectivity index (χ2v) is 4.59. The number of aromatic amines is 1. The van der Waals surface area contributed by atoms with Crippen LogP contribution in [0.15, 0.2) is 24.3 Å². The van der Waals surface area contributed by atoms with Crippen LogP contribution < -0.4 is 0 Å². The van der Waals surface area contributed by atoms with Gasteiger partial charge in [0.25, 0.3) is 0 Å². The van der Waals surface area contributed by atoms with E-state index in [-0.39, 0.29) is 11.4 Å². The Kier molecular flexibility index (Phi) is 1.73. The normalized spacial score (nSPS) is 11.2. The summed E-state index contributed by atoms with van der Waals surface area (Å²) < 4.78 is 1.91. The molecule has 4 nitrogen and oxygen atoms in total. The molecule has 3 rings (SSSR count). The number of nitrogens with one attached hydrogen (secondary N) is 1. The molecule has 0 amide bonds. The van der Waals surface area contributed by atoms with Gasteiger partial charge < -0.3 is 15.2 Å². The van der Waals surface area contributed by atoms with Gasteiger partial charge in [0.05, 0.1) is 10.2 Å². The smallest absolute Gasteiger partial charge is 0.352 e. The minimum absolute atomic E-state index is 0.173. The first-order valence-electron chi connectivity index (χ1n) is 4.62. The highest BCUT2D eigenvalue weighted by atomic mass is 32.1. The standard InChI is InChI=1S/C11H7NO3S/c13-5-1-2-8-6(3-5)10-9(16-8)4-7(12-10)11(14)15/h1-4,12-13H,(H,14,15). The number of aromatic nitrogens is 1. The number of H-pyrrole nitrogens is 1. The van der Waals surface area contributed by atoms with Gasteiger partial charge in [-0.1, -0.05) is 0 Å². The molecule has 80 valence electrons. The van der Waals surface area contributed by atoms with Gasteiger partial charge >= 0.3 is 5.97 Å². The molecule has 0 aliphatic heterocycles. The lowest BCUT2D eigenvalue weighted by atomic mass is 10.2. The van der Waals surface area contributed by atoms with Crippen molar-refractivity contribution in [2.75, 3.05) is 0 Å². The summed E-state index contributed by atoms with van der Waals surface area (Å²) in [6.45, 7) is 0. The number of aromatic carboxylic acids is 1. The van der Waals surface area contributed by atoms with Crippen LogP contribution in [0.1, 0.15) is 10.5 Å². The van der Waals surface area contributed by atoms with E-state index in [4.69, 9.17) is 5.11 Å². The van der Waals surface area contributed by atoms with Crippen LogP contribution >= 0.6 is 11.3 Å². The van der Waals surface area contributed by atoms with Crippen LogP contribution in [0.5, 0.6) is 5.75 Å². The minimum atomic E-state index is -0.975. The first kappa shape index (κ1) is 9.23. The fraction of sp³-hybridized carbons (Fsp3) is 0. The number of rotatable bonds is 1. The summed E-state index contributed by atoms with van der Waals surface area (Å²) in [5.41, 5.74) is 0.944. The highest BCUT2D eigenvalue weighted by Crippen LogP contribution is 2.35. The van der Waals surface area contributed by atoms with Crippen molar-refractivity contribution in [1.82, 2.24) is 4.98 Å². The number of carbonyl (C=O) groups is 1. The number of carboxylic acids is 1. The van der Waals surface area contributed by atoms with Crippen LogP contribution in [0.2, 0.25) is 0 Å². The molecule has 0 bridgehead atoms. The van der Waals surface area contributed by atoms with Gasteiger partial charge in [-0.15, -0.1) is 11.3 Å². The number of fused-ring (bicyclic) bond motifs is 3. The molecule has 2 heterocycles. The summed E-state index contributed by atoms with van der Waals surface area (Å²) in [7, 11) is 0. The minimum Gasteiger partial charge on any atom is -0.508 e. The Balaban J connectivity index is 2.40. The van der Waals surface area contributed by atoms with E-state index in [0.717, 1.165) is 20.3 Å². The number of phenols is 1. The summed E-state index contributed by atoms with van der Waals surface area (Å²) in [6.07, 6.45) is 0. The molecule has 2 aromatic heterocycles. The number of thiophene rings is 1. The van der Waals surface area contributed by atoms with Gasteiger partial charge in [0.1, 0.15) is 11.4 Å². The lowest BCUT2D eigenvalue weighted by Crippen LogP contribution is -1.94. The fourth-order valence-electron chi connectivity index (χ4n) is 1.75. The number of aromatic hydroxyl groups is 1. The van der Waals surface area contributed by atoms with E-state index in [1.165, 1.54) is 11.3 Å². The molecule has 16 heavy (non-hydrogen) atoms. The van der Waals surface area contributed by atoms with E-state index < -0.39 is 5.97 Å². The lowest BCUT2D eigenvalue weighted by Gasteiger charge is -1.92. The monoisotopic (exact) mass is 233 g/mol. The molecule has 3 N–H and O–H groups in total. The Morgan fingerprint density at radius 1 is 1.25 bits per heavy atom. The van der Waals surface area contributed by atoms with Gasteiger partial charge in [-0.25, -0.2) is 4.79 Å². The third-order valence-electron chi connectivity index (χ3n) is 2.46. The molecule has 0 aliphatic rings. The molecule has 0 saturated heterocycles. The zero-order valence-electron chi connectivity index (χ0n) is 8.02. The Morgan fingerprint density at radius 2 is 2.06 bits per heavy atom. The van der Waals surface area contributed by atoms with Gasteiger partial charge in [0.15, 0.2) is 0 Å². The Bertz CT molecular complexity index is 710. The second kappa shape index (κ2) is 2.99. The van der Waals surface area contributed by atoms with E-state index in [1.54, 1.807) is 18.2 Å². The SMILES string of the molecule is O=C(O)c1cc2sc3ccc(O)cc3c2[nH]1. The molecule has 1 aromatic carbocycles. The van der Waals surface area contributed by atoms with Crippen molar-refractivity contribution in [2.45, 2.75) is 0 Å². The molecule has 3 aromatic rings. The highest BCUT2D eigenvalue weighted by Gasteiger charge is 2.12.